The summed E-state index contributed by atoms with van der Waals surface area (Å²) in [6, 6.07) is 16.5. The molecule has 1 aromatic heterocycles. The SMILES string of the molecule is CCOc1ccc(-n2c(C)nnc2S[C@H](C[N+](=O)[O-])c2cc(Cl)c(OCc3ccc(F)cc3)c(Cl)c2)cc1. The van der Waals surface area contributed by atoms with Crippen LogP contribution < -0.4 is 9.47 Å². The third-order valence-electron chi connectivity index (χ3n) is 5.45. The molecule has 0 aliphatic carbocycles. The lowest BCUT2D eigenvalue weighted by atomic mass is 10.1. The van der Waals surface area contributed by atoms with E-state index in [1.54, 1.807) is 31.2 Å². The number of rotatable bonds is 11. The molecule has 12 heteroatoms. The van der Waals surface area contributed by atoms with E-state index >= 15 is 0 Å². The Morgan fingerprint density at radius 3 is 2.32 bits per heavy atom. The van der Waals surface area contributed by atoms with Gasteiger partial charge in [0.25, 0.3) is 0 Å². The van der Waals surface area contributed by atoms with Gasteiger partial charge in [-0.1, -0.05) is 47.1 Å². The standard InChI is InChI=1S/C26H23Cl2FN4O4S/c1-3-36-21-10-8-20(9-11-21)33-16(2)30-31-26(33)38-24(14-32(34)35)18-12-22(27)25(23(28)13-18)37-15-17-4-6-19(29)7-5-17/h4-13,24H,3,14-15H2,1-2H3/t24-/m1/s1. The van der Waals surface area contributed by atoms with E-state index in [9.17, 15) is 14.5 Å². The number of hydrogen-bond donors (Lipinski definition) is 0. The smallest absolute Gasteiger partial charge is 0.220 e. The fourth-order valence-electron chi connectivity index (χ4n) is 3.69. The van der Waals surface area contributed by atoms with Crippen LogP contribution in [0.2, 0.25) is 10.0 Å². The summed E-state index contributed by atoms with van der Waals surface area (Å²) in [4.78, 5) is 11.2. The van der Waals surface area contributed by atoms with Crippen molar-refractivity contribution in [2.24, 2.45) is 0 Å². The molecular formula is C26H23Cl2FN4O4S. The van der Waals surface area contributed by atoms with Gasteiger partial charge in [0.1, 0.15) is 29.2 Å². The van der Waals surface area contributed by atoms with E-state index in [2.05, 4.69) is 10.2 Å². The Morgan fingerprint density at radius 1 is 1.05 bits per heavy atom. The number of thioether (sulfide) groups is 1. The lowest BCUT2D eigenvalue weighted by Gasteiger charge is -2.17. The summed E-state index contributed by atoms with van der Waals surface area (Å²) in [6.45, 7) is 3.98. The Hall–Kier alpha value is -3.34. The molecule has 0 bridgehead atoms. The molecule has 0 aliphatic rings. The Kier molecular flexibility index (Phi) is 9.09. The molecule has 0 radical (unpaired) electrons. The molecule has 1 atom stereocenters. The van der Waals surface area contributed by atoms with Crippen LogP contribution in [0.25, 0.3) is 5.69 Å². The first-order chi connectivity index (χ1) is 18.2. The predicted molar refractivity (Wildman–Crippen MR) is 145 cm³/mol. The molecule has 0 spiro atoms. The fourth-order valence-corrected chi connectivity index (χ4v) is 5.45. The minimum absolute atomic E-state index is 0.122. The highest BCUT2D eigenvalue weighted by Crippen LogP contribution is 2.42. The van der Waals surface area contributed by atoms with E-state index in [-0.39, 0.29) is 28.2 Å². The second-order valence-electron chi connectivity index (χ2n) is 8.14. The molecule has 0 saturated heterocycles. The van der Waals surface area contributed by atoms with Crippen LogP contribution in [0.15, 0.2) is 65.8 Å². The number of aromatic nitrogens is 3. The number of halogens is 3. The quantitative estimate of drug-likeness (QED) is 0.107. The first kappa shape index (κ1) is 27.7. The van der Waals surface area contributed by atoms with E-state index < -0.39 is 16.7 Å². The van der Waals surface area contributed by atoms with Crippen molar-refractivity contribution in [2.75, 3.05) is 13.2 Å². The van der Waals surface area contributed by atoms with Gasteiger partial charge in [-0.3, -0.25) is 14.7 Å². The minimum Gasteiger partial charge on any atom is -0.494 e. The Balaban J connectivity index is 1.59. The largest absolute Gasteiger partial charge is 0.494 e. The third kappa shape index (κ3) is 6.75. The van der Waals surface area contributed by atoms with Gasteiger partial charge in [0, 0.05) is 10.6 Å². The molecule has 38 heavy (non-hydrogen) atoms. The summed E-state index contributed by atoms with van der Waals surface area (Å²) < 4.78 is 26.3. The van der Waals surface area contributed by atoms with Crippen LogP contribution in [0.3, 0.4) is 0 Å². The maximum absolute atomic E-state index is 13.2. The number of nitrogens with zero attached hydrogens (tertiary/aromatic N) is 4. The van der Waals surface area contributed by atoms with E-state index in [1.807, 2.05) is 35.8 Å². The molecule has 198 valence electrons. The van der Waals surface area contributed by atoms with Gasteiger partial charge in [0.05, 0.1) is 16.7 Å². The van der Waals surface area contributed by atoms with Crippen molar-refractivity contribution in [2.45, 2.75) is 30.9 Å². The molecule has 0 fully saturated rings. The summed E-state index contributed by atoms with van der Waals surface area (Å²) in [5.41, 5.74) is 2.06. The van der Waals surface area contributed by atoms with Crippen molar-refractivity contribution in [3.8, 4) is 17.2 Å². The molecule has 4 aromatic rings. The first-order valence-corrected chi connectivity index (χ1v) is 13.2. The molecule has 3 aromatic carbocycles. The molecular weight excluding hydrogens is 554 g/mol. The third-order valence-corrected chi connectivity index (χ3v) is 7.19. The Bertz CT molecular complexity index is 1400. The Morgan fingerprint density at radius 2 is 1.71 bits per heavy atom. The summed E-state index contributed by atoms with van der Waals surface area (Å²) in [5.74, 6) is 1.24. The second-order valence-corrected chi connectivity index (χ2v) is 10.1. The summed E-state index contributed by atoms with van der Waals surface area (Å²) >= 11 is 14.2. The highest BCUT2D eigenvalue weighted by atomic mass is 35.5. The van der Waals surface area contributed by atoms with Crippen molar-refractivity contribution < 1.29 is 18.8 Å². The number of benzene rings is 3. The van der Waals surface area contributed by atoms with Gasteiger partial charge in [-0.15, -0.1) is 10.2 Å². The average Bonchev–Trinajstić information content (AvgIpc) is 3.24. The van der Waals surface area contributed by atoms with E-state index in [1.165, 1.54) is 23.9 Å². The normalized spacial score (nSPS) is 11.8. The predicted octanol–water partition coefficient (Wildman–Crippen LogP) is 7.11. The Labute approximate surface area is 232 Å². The molecule has 0 saturated carbocycles. The van der Waals surface area contributed by atoms with E-state index in [4.69, 9.17) is 32.7 Å². The van der Waals surface area contributed by atoms with Crippen LogP contribution in [-0.2, 0) is 6.61 Å². The van der Waals surface area contributed by atoms with Gasteiger partial charge in [-0.25, -0.2) is 4.39 Å². The lowest BCUT2D eigenvalue weighted by molar-refractivity contribution is -0.479. The van der Waals surface area contributed by atoms with Crippen molar-refractivity contribution >= 4 is 35.0 Å². The highest BCUT2D eigenvalue weighted by Gasteiger charge is 2.26. The molecule has 0 amide bonds. The number of hydrogen-bond acceptors (Lipinski definition) is 7. The van der Waals surface area contributed by atoms with Gasteiger partial charge >= 0.3 is 0 Å². The van der Waals surface area contributed by atoms with Crippen LogP contribution in [0, 0.1) is 22.9 Å². The van der Waals surface area contributed by atoms with Gasteiger partial charge in [0.2, 0.25) is 6.54 Å². The van der Waals surface area contributed by atoms with Gasteiger partial charge in [-0.2, -0.15) is 0 Å². The number of ether oxygens (including phenoxy) is 2. The number of aryl methyl sites for hydroxylation is 1. The maximum atomic E-state index is 13.2. The second kappa shape index (κ2) is 12.5. The van der Waals surface area contributed by atoms with Crippen molar-refractivity contribution in [3.05, 3.63) is 104 Å². The zero-order valence-electron chi connectivity index (χ0n) is 20.4. The number of nitro groups is 1. The van der Waals surface area contributed by atoms with Crippen molar-refractivity contribution in [3.63, 3.8) is 0 Å². The minimum atomic E-state index is -0.670. The molecule has 1 heterocycles. The first-order valence-electron chi connectivity index (χ1n) is 11.5. The monoisotopic (exact) mass is 576 g/mol. The fraction of sp³-hybridized carbons (Fsp3) is 0.231. The van der Waals surface area contributed by atoms with Crippen LogP contribution in [0.5, 0.6) is 11.5 Å². The molecule has 0 aliphatic heterocycles. The summed E-state index contributed by atoms with van der Waals surface area (Å²) in [6.07, 6.45) is 0. The van der Waals surface area contributed by atoms with Gasteiger partial charge in [-0.05, 0) is 73.5 Å². The summed E-state index contributed by atoms with van der Waals surface area (Å²) in [7, 11) is 0. The van der Waals surface area contributed by atoms with Crippen molar-refractivity contribution in [1.82, 2.24) is 14.8 Å². The van der Waals surface area contributed by atoms with Gasteiger partial charge < -0.3 is 9.47 Å². The van der Waals surface area contributed by atoms with Crippen LogP contribution in [0.1, 0.15) is 29.1 Å². The van der Waals surface area contributed by atoms with Crippen LogP contribution in [-0.4, -0.2) is 32.8 Å². The highest BCUT2D eigenvalue weighted by molar-refractivity contribution is 7.99. The summed E-state index contributed by atoms with van der Waals surface area (Å²) in [5, 5.41) is 20.2. The lowest BCUT2D eigenvalue weighted by Crippen LogP contribution is -2.11. The average molecular weight is 577 g/mol. The molecule has 8 nitrogen and oxygen atoms in total. The van der Waals surface area contributed by atoms with Crippen LogP contribution >= 0.6 is 35.0 Å². The van der Waals surface area contributed by atoms with Gasteiger partial charge in [0.15, 0.2) is 10.9 Å². The molecule has 0 unspecified atom stereocenters. The topological polar surface area (TPSA) is 92.3 Å². The van der Waals surface area contributed by atoms with Crippen LogP contribution in [0.4, 0.5) is 4.39 Å². The van der Waals surface area contributed by atoms with E-state index in [0.29, 0.717) is 23.2 Å². The zero-order valence-corrected chi connectivity index (χ0v) is 22.8. The maximum Gasteiger partial charge on any atom is 0.220 e. The van der Waals surface area contributed by atoms with E-state index in [0.717, 1.165) is 17.0 Å². The van der Waals surface area contributed by atoms with Crippen molar-refractivity contribution in [1.29, 1.82) is 0 Å². The molecule has 0 N–H and O–H groups in total. The molecule has 4 rings (SSSR count). The zero-order chi connectivity index (χ0) is 27.2.